The maximum absolute atomic E-state index is 11.4. The van der Waals surface area contributed by atoms with Crippen molar-refractivity contribution in [1.29, 1.82) is 0 Å². The van der Waals surface area contributed by atoms with E-state index in [1.165, 1.54) is 0 Å². The summed E-state index contributed by atoms with van der Waals surface area (Å²) in [4.78, 5) is 31.5. The average molecular weight is 404 g/mol. The normalized spacial score (nSPS) is 9.40. The summed E-state index contributed by atoms with van der Waals surface area (Å²) >= 11 is 0. The molecule has 0 rings (SSSR count). The molecule has 110 valence electrons. The monoisotopic (exact) mass is 404 g/mol. The van der Waals surface area contributed by atoms with Crippen molar-refractivity contribution in [2.75, 3.05) is 13.1 Å². The molecule has 0 aliphatic rings. The quantitative estimate of drug-likeness (QED) is 0.188. The number of aliphatic carboxylic acids is 1. The third kappa shape index (κ3) is 18.5. The number of carbonyl (C=O) groups excluding carboxylic acids is 2. The van der Waals surface area contributed by atoms with Gasteiger partial charge < -0.3 is 20.5 Å². The maximum atomic E-state index is 11.4. The molecule has 0 radical (unpaired) electrons. The van der Waals surface area contributed by atoms with Gasteiger partial charge in [0.2, 0.25) is 5.91 Å². The predicted molar refractivity (Wildman–Crippen MR) is 71.3 cm³/mol. The molecule has 0 bridgehead atoms. The Morgan fingerprint density at radius 2 is 1.50 bits per heavy atom. The standard InChI is InChI=1S/C13H23N2O4.Cs/c16-11-14-9-5-1-3-7-12(17)15-10-6-2-4-8-13(18)19;/h1-10H2,(H,14,16)(H,15,17)(H,18,19);/q-1;+1. The Hall–Kier alpha value is 0.462. The van der Waals surface area contributed by atoms with Gasteiger partial charge in [-0.3, -0.25) is 9.59 Å². The van der Waals surface area contributed by atoms with Crippen molar-refractivity contribution in [3.63, 3.8) is 0 Å². The second-order valence-corrected chi connectivity index (χ2v) is 4.39. The van der Waals surface area contributed by atoms with Crippen molar-refractivity contribution in [3.05, 3.63) is 0 Å². The Morgan fingerprint density at radius 1 is 0.900 bits per heavy atom. The van der Waals surface area contributed by atoms with Crippen LogP contribution in [-0.4, -0.2) is 36.5 Å². The zero-order valence-electron chi connectivity index (χ0n) is 12.2. The van der Waals surface area contributed by atoms with Gasteiger partial charge in [0.25, 0.3) is 0 Å². The second kappa shape index (κ2) is 17.5. The van der Waals surface area contributed by atoms with Crippen molar-refractivity contribution in [3.8, 4) is 0 Å². The van der Waals surface area contributed by atoms with Gasteiger partial charge in [0, 0.05) is 19.4 Å². The van der Waals surface area contributed by atoms with Gasteiger partial charge in [-0.1, -0.05) is 12.8 Å². The summed E-state index contributed by atoms with van der Waals surface area (Å²) in [7, 11) is 0. The molecule has 0 spiro atoms. The Bertz CT molecular complexity index is 275. The molecule has 7 heteroatoms. The molecule has 0 unspecified atom stereocenters. The van der Waals surface area contributed by atoms with E-state index in [9.17, 15) is 14.4 Å². The summed E-state index contributed by atoms with van der Waals surface area (Å²) in [6.07, 6.45) is 7.17. The third-order valence-electron chi connectivity index (χ3n) is 2.67. The molecule has 20 heavy (non-hydrogen) atoms. The van der Waals surface area contributed by atoms with Gasteiger partial charge >= 0.3 is 74.9 Å². The van der Waals surface area contributed by atoms with Crippen LogP contribution in [0.2, 0.25) is 0 Å². The van der Waals surface area contributed by atoms with Crippen LogP contribution in [0.3, 0.4) is 0 Å². The molecule has 0 aromatic carbocycles. The summed E-state index contributed by atoms with van der Waals surface area (Å²) in [5.41, 5.74) is 0. The summed E-state index contributed by atoms with van der Waals surface area (Å²) in [5, 5.41) is 13.7. The van der Waals surface area contributed by atoms with Gasteiger partial charge in [0.1, 0.15) is 0 Å². The Labute approximate surface area is 179 Å². The van der Waals surface area contributed by atoms with Crippen LogP contribution >= 0.6 is 0 Å². The molecule has 0 aromatic heterocycles. The van der Waals surface area contributed by atoms with E-state index >= 15 is 0 Å². The number of hydrogen-bond donors (Lipinski definition) is 3. The molecule has 2 amide bonds. The van der Waals surface area contributed by atoms with E-state index in [4.69, 9.17) is 5.11 Å². The number of carboxylic acids is 1. The van der Waals surface area contributed by atoms with Crippen LogP contribution in [0.1, 0.15) is 51.4 Å². The fourth-order valence-corrected chi connectivity index (χ4v) is 1.62. The molecule has 0 saturated carbocycles. The summed E-state index contributed by atoms with van der Waals surface area (Å²) < 4.78 is 0. The van der Waals surface area contributed by atoms with Gasteiger partial charge in [0.05, 0.1) is 0 Å². The van der Waals surface area contributed by atoms with E-state index in [0.717, 1.165) is 32.1 Å². The fraction of sp³-hybridized carbons (Fsp3) is 0.769. The van der Waals surface area contributed by atoms with Gasteiger partial charge in [-0.2, -0.15) is 6.41 Å². The van der Waals surface area contributed by atoms with E-state index in [0.29, 0.717) is 25.9 Å². The van der Waals surface area contributed by atoms with Gasteiger partial charge in [-0.05, 0) is 32.2 Å². The molecule has 6 nitrogen and oxygen atoms in total. The number of nitrogens with one attached hydrogen (secondary N) is 2. The van der Waals surface area contributed by atoms with Crippen LogP contribution in [0.25, 0.3) is 0 Å². The van der Waals surface area contributed by atoms with E-state index in [1.807, 2.05) is 0 Å². The number of unbranched alkanes of at least 4 members (excludes halogenated alkanes) is 4. The molecule has 0 aliphatic heterocycles. The molecule has 0 atom stereocenters. The molecule has 0 aromatic rings. The Kier molecular flexibility index (Phi) is 19.9. The minimum atomic E-state index is -0.772. The van der Waals surface area contributed by atoms with E-state index in [-0.39, 0.29) is 81.2 Å². The van der Waals surface area contributed by atoms with Crippen LogP contribution in [0, 0.1) is 0 Å². The third-order valence-corrected chi connectivity index (χ3v) is 2.67. The van der Waals surface area contributed by atoms with Crippen molar-refractivity contribution in [2.24, 2.45) is 0 Å². The van der Waals surface area contributed by atoms with Crippen LogP contribution in [0.4, 0.5) is 0 Å². The average Bonchev–Trinajstić information content (AvgIpc) is 2.37. The van der Waals surface area contributed by atoms with Crippen molar-refractivity contribution >= 4 is 18.3 Å². The molecule has 3 N–H and O–H groups in total. The molecular weight excluding hydrogens is 381 g/mol. The molecule has 0 fully saturated rings. The van der Waals surface area contributed by atoms with Gasteiger partial charge in [0.15, 0.2) is 0 Å². The molecule has 0 saturated heterocycles. The number of amides is 2. The first-order valence-corrected chi connectivity index (χ1v) is 6.75. The first-order chi connectivity index (χ1) is 9.16. The van der Waals surface area contributed by atoms with Crippen molar-refractivity contribution < 1.29 is 88.4 Å². The number of carboxylic acid groups (broad SMARTS) is 1. The summed E-state index contributed by atoms with van der Waals surface area (Å²) in [5.74, 6) is -0.737. The number of rotatable bonds is 13. The minimum Gasteiger partial charge on any atom is -0.530 e. The fourth-order valence-electron chi connectivity index (χ4n) is 1.62. The van der Waals surface area contributed by atoms with E-state index in [1.54, 1.807) is 6.41 Å². The van der Waals surface area contributed by atoms with Crippen molar-refractivity contribution in [2.45, 2.75) is 51.4 Å². The van der Waals surface area contributed by atoms with Gasteiger partial charge in [-0.15, -0.1) is 0 Å². The zero-order chi connectivity index (χ0) is 14.3. The number of carbonyl (C=O) groups is 2. The maximum Gasteiger partial charge on any atom is 1.00 e. The largest absolute Gasteiger partial charge is 1.00 e. The van der Waals surface area contributed by atoms with E-state index in [2.05, 4.69) is 10.6 Å². The molecule has 0 aliphatic carbocycles. The summed E-state index contributed by atoms with van der Waals surface area (Å²) in [6, 6.07) is 0. The van der Waals surface area contributed by atoms with Gasteiger partial charge in [-0.25, -0.2) is 0 Å². The first kappa shape index (κ1) is 22.7. The molecular formula is C13H23CsN2O4. The Balaban J connectivity index is 0. The van der Waals surface area contributed by atoms with Crippen LogP contribution in [0.5, 0.6) is 0 Å². The van der Waals surface area contributed by atoms with Crippen LogP contribution in [-0.2, 0) is 14.4 Å². The minimum absolute atomic E-state index is 0. The zero-order valence-corrected chi connectivity index (χ0v) is 18.5. The Morgan fingerprint density at radius 3 is 2.10 bits per heavy atom. The predicted octanol–water partition coefficient (Wildman–Crippen LogP) is -2.03. The smallest absolute Gasteiger partial charge is 0.530 e. The van der Waals surface area contributed by atoms with Crippen molar-refractivity contribution in [1.82, 2.24) is 10.6 Å². The van der Waals surface area contributed by atoms with Crippen LogP contribution in [0.15, 0.2) is 0 Å². The summed E-state index contributed by atoms with van der Waals surface area (Å²) in [6.45, 7) is 1.22. The molecule has 0 heterocycles. The van der Waals surface area contributed by atoms with E-state index < -0.39 is 5.97 Å². The SMILES string of the molecule is O=[C-]NCCCCCC(=O)NCCCCCC(=O)O.[Cs+]. The first-order valence-electron chi connectivity index (χ1n) is 6.75. The van der Waals surface area contributed by atoms with Crippen LogP contribution < -0.4 is 79.5 Å². The second-order valence-electron chi connectivity index (χ2n) is 4.39. The number of hydrogen-bond acceptors (Lipinski definition) is 3. The topological polar surface area (TPSA) is 95.5 Å².